The van der Waals surface area contributed by atoms with Crippen LogP contribution in [-0.4, -0.2) is 29.9 Å². The van der Waals surface area contributed by atoms with Crippen molar-refractivity contribution in [1.29, 1.82) is 0 Å². The Morgan fingerprint density at radius 2 is 0.789 bits per heavy atom. The molecule has 0 saturated heterocycles. The number of hydrogen-bond acceptors (Lipinski definition) is 7. The smallest absolute Gasteiger partial charge is 0.194 e. The maximum atomic E-state index is 7.62. The van der Waals surface area contributed by atoms with Crippen LogP contribution in [-0.2, 0) is 0 Å². The first-order valence-corrected chi connectivity index (χ1v) is 19.2. The van der Waals surface area contributed by atoms with Gasteiger partial charge in [0.2, 0.25) is 0 Å². The molecule has 0 unspecified atom stereocenters. The highest BCUT2D eigenvalue weighted by Gasteiger charge is 2.19. The standard InChI is InChI=1S/C49H29N7S/c1-50-40-22-12-11-20-37(40)31-24-26-35(27-25-31)47-51-44(32-14-5-2-6-15-32)53-48(54-47)36-28-29-38-42(30-36)57-41-23-13-21-39(43(38)41)49-55-45(33-16-7-3-8-17-33)52-46(56-49)34-18-9-4-10-19-34/h2-30H. The maximum absolute atomic E-state index is 7.62. The molecule has 7 aromatic carbocycles. The summed E-state index contributed by atoms with van der Waals surface area (Å²) < 4.78 is 2.23. The number of rotatable bonds is 7. The average molecular weight is 748 g/mol. The van der Waals surface area contributed by atoms with Crippen molar-refractivity contribution in [2.24, 2.45) is 0 Å². The van der Waals surface area contributed by atoms with E-state index in [2.05, 4.69) is 41.2 Å². The van der Waals surface area contributed by atoms with Gasteiger partial charge in [-0.05, 0) is 23.3 Å². The normalized spacial score (nSPS) is 11.1. The van der Waals surface area contributed by atoms with Crippen molar-refractivity contribution in [3.8, 4) is 79.5 Å². The van der Waals surface area contributed by atoms with E-state index in [0.29, 0.717) is 40.6 Å². The van der Waals surface area contributed by atoms with Crippen LogP contribution in [0.4, 0.5) is 5.69 Å². The molecule has 7 nitrogen and oxygen atoms in total. The van der Waals surface area contributed by atoms with Gasteiger partial charge in [0.05, 0.1) is 6.57 Å². The molecule has 0 amide bonds. The molecule has 57 heavy (non-hydrogen) atoms. The Kier molecular flexibility index (Phi) is 8.60. The molecule has 0 aliphatic rings. The first kappa shape index (κ1) is 33.8. The van der Waals surface area contributed by atoms with Crippen molar-refractivity contribution < 1.29 is 0 Å². The number of fused-ring (bicyclic) bond motifs is 3. The number of para-hydroxylation sites is 1. The van der Waals surface area contributed by atoms with Gasteiger partial charge in [-0.15, -0.1) is 11.3 Å². The van der Waals surface area contributed by atoms with Gasteiger partial charge in [-0.1, -0.05) is 164 Å². The summed E-state index contributed by atoms with van der Waals surface area (Å²) in [6.45, 7) is 7.62. The molecule has 266 valence electrons. The van der Waals surface area contributed by atoms with Crippen LogP contribution in [0.15, 0.2) is 176 Å². The summed E-state index contributed by atoms with van der Waals surface area (Å²) in [5.41, 5.74) is 7.92. The Morgan fingerprint density at radius 1 is 0.351 bits per heavy atom. The Hall–Kier alpha value is -7.73. The minimum absolute atomic E-state index is 0.570. The number of benzene rings is 7. The van der Waals surface area contributed by atoms with Crippen molar-refractivity contribution in [2.75, 3.05) is 0 Å². The topological polar surface area (TPSA) is 81.7 Å². The van der Waals surface area contributed by atoms with Crippen LogP contribution >= 0.6 is 11.3 Å². The van der Waals surface area contributed by atoms with Crippen LogP contribution in [0.3, 0.4) is 0 Å². The fraction of sp³-hybridized carbons (Fsp3) is 0. The van der Waals surface area contributed by atoms with Gasteiger partial charge in [0.15, 0.2) is 40.6 Å². The van der Waals surface area contributed by atoms with E-state index in [1.807, 2.05) is 140 Å². The van der Waals surface area contributed by atoms with Gasteiger partial charge in [-0.25, -0.2) is 34.7 Å². The summed E-state index contributed by atoms with van der Waals surface area (Å²) in [7, 11) is 0. The monoisotopic (exact) mass is 747 g/mol. The van der Waals surface area contributed by atoms with Crippen LogP contribution in [0.25, 0.3) is 104 Å². The maximum Gasteiger partial charge on any atom is 0.194 e. The average Bonchev–Trinajstić information content (AvgIpc) is 3.68. The summed E-state index contributed by atoms with van der Waals surface area (Å²) in [5, 5.41) is 2.19. The first-order chi connectivity index (χ1) is 28.2. The van der Waals surface area contributed by atoms with Crippen molar-refractivity contribution in [3.05, 3.63) is 187 Å². The Morgan fingerprint density at radius 3 is 1.35 bits per heavy atom. The highest BCUT2D eigenvalue weighted by molar-refractivity contribution is 7.26. The highest BCUT2D eigenvalue weighted by Crippen LogP contribution is 2.41. The van der Waals surface area contributed by atoms with Crippen LogP contribution in [0.5, 0.6) is 0 Å². The van der Waals surface area contributed by atoms with E-state index in [4.69, 9.17) is 36.5 Å². The molecule has 10 rings (SSSR count). The number of aromatic nitrogens is 6. The molecule has 0 atom stereocenters. The third-order valence-corrected chi connectivity index (χ3v) is 11.0. The molecule has 0 aliphatic carbocycles. The van der Waals surface area contributed by atoms with Crippen molar-refractivity contribution in [3.63, 3.8) is 0 Å². The predicted molar refractivity (Wildman–Crippen MR) is 230 cm³/mol. The van der Waals surface area contributed by atoms with E-state index in [-0.39, 0.29) is 0 Å². The second kappa shape index (κ2) is 14.5. The molecule has 3 heterocycles. The lowest BCUT2D eigenvalue weighted by Crippen LogP contribution is -2.00. The molecule has 3 aromatic heterocycles. The molecule has 0 fully saturated rings. The minimum Gasteiger partial charge on any atom is -0.238 e. The summed E-state index contributed by atoms with van der Waals surface area (Å²) in [5.74, 6) is 3.62. The van der Waals surface area contributed by atoms with Gasteiger partial charge >= 0.3 is 0 Å². The van der Waals surface area contributed by atoms with Gasteiger partial charge in [0, 0.05) is 53.6 Å². The minimum atomic E-state index is 0.570. The van der Waals surface area contributed by atoms with Crippen molar-refractivity contribution in [2.45, 2.75) is 0 Å². The lowest BCUT2D eigenvalue weighted by molar-refractivity contribution is 1.07. The predicted octanol–water partition coefficient (Wildman–Crippen LogP) is 12.6. The third-order valence-electron chi connectivity index (χ3n) is 9.84. The Labute approximate surface area is 332 Å². The largest absolute Gasteiger partial charge is 0.238 e. The van der Waals surface area contributed by atoms with Crippen molar-refractivity contribution >= 4 is 37.2 Å². The van der Waals surface area contributed by atoms with Crippen LogP contribution in [0, 0.1) is 6.57 Å². The zero-order chi connectivity index (χ0) is 38.1. The van der Waals surface area contributed by atoms with Crippen molar-refractivity contribution in [1.82, 2.24) is 29.9 Å². The molecule has 0 radical (unpaired) electrons. The van der Waals surface area contributed by atoms with Gasteiger partial charge < -0.3 is 0 Å². The molecular weight excluding hydrogens is 719 g/mol. The Balaban J connectivity index is 1.09. The van der Waals surface area contributed by atoms with Gasteiger partial charge in [0.25, 0.3) is 0 Å². The van der Waals surface area contributed by atoms with E-state index in [9.17, 15) is 0 Å². The fourth-order valence-electron chi connectivity index (χ4n) is 7.04. The van der Waals surface area contributed by atoms with E-state index >= 15 is 0 Å². The molecule has 0 bridgehead atoms. The SMILES string of the molecule is [C-]#[N+]c1ccccc1-c1ccc(-c2nc(-c3ccccc3)nc(-c3ccc4c(c3)sc3cccc(-c5nc(-c6ccccc6)nc(-c6ccccc6)n5)c34)n2)cc1. The third kappa shape index (κ3) is 6.48. The Bertz CT molecular complexity index is 3060. The van der Waals surface area contributed by atoms with Gasteiger partial charge in [-0.3, -0.25) is 0 Å². The number of thiophene rings is 1. The number of hydrogen-bond donors (Lipinski definition) is 0. The zero-order valence-electron chi connectivity index (χ0n) is 30.3. The van der Waals surface area contributed by atoms with E-state index < -0.39 is 0 Å². The quantitative estimate of drug-likeness (QED) is 0.151. The molecule has 10 aromatic rings. The molecule has 0 aliphatic heterocycles. The van der Waals surface area contributed by atoms with Crippen LogP contribution in [0.2, 0.25) is 0 Å². The first-order valence-electron chi connectivity index (χ1n) is 18.4. The summed E-state index contributed by atoms with van der Waals surface area (Å²) >= 11 is 1.72. The molecule has 8 heteroatoms. The zero-order valence-corrected chi connectivity index (χ0v) is 31.1. The molecule has 0 saturated carbocycles. The van der Waals surface area contributed by atoms with Gasteiger partial charge in [-0.2, -0.15) is 0 Å². The summed E-state index contributed by atoms with van der Waals surface area (Å²) in [6.07, 6.45) is 0. The highest BCUT2D eigenvalue weighted by atomic mass is 32.1. The molecule has 0 spiro atoms. The lowest BCUT2D eigenvalue weighted by Gasteiger charge is -2.10. The van der Waals surface area contributed by atoms with E-state index in [1.54, 1.807) is 11.3 Å². The van der Waals surface area contributed by atoms with Crippen LogP contribution < -0.4 is 0 Å². The van der Waals surface area contributed by atoms with Crippen LogP contribution in [0.1, 0.15) is 0 Å². The van der Waals surface area contributed by atoms with E-state index in [0.717, 1.165) is 64.7 Å². The number of nitrogens with zero attached hydrogens (tertiary/aromatic N) is 7. The second-order valence-electron chi connectivity index (χ2n) is 13.4. The fourth-order valence-corrected chi connectivity index (χ4v) is 8.22. The van der Waals surface area contributed by atoms with E-state index in [1.165, 1.54) is 0 Å². The molecule has 0 N–H and O–H groups in total. The summed E-state index contributed by atoms with van der Waals surface area (Å²) in [6, 6.07) is 58.5. The molecular formula is C49H29N7S. The lowest BCUT2D eigenvalue weighted by atomic mass is 10.0. The second-order valence-corrected chi connectivity index (χ2v) is 14.5. The van der Waals surface area contributed by atoms with Gasteiger partial charge in [0.1, 0.15) is 0 Å². The summed E-state index contributed by atoms with van der Waals surface area (Å²) in [4.78, 5) is 33.7.